The van der Waals surface area contributed by atoms with Crippen LogP contribution in [0, 0.1) is 11.5 Å². The first kappa shape index (κ1) is 15.1. The van der Waals surface area contributed by atoms with Gasteiger partial charge >= 0.3 is 0 Å². The van der Waals surface area contributed by atoms with Gasteiger partial charge in [-0.2, -0.15) is 0 Å². The molecule has 0 atom stereocenters. The van der Waals surface area contributed by atoms with E-state index in [0.29, 0.717) is 5.69 Å². The second kappa shape index (κ2) is 5.58. The van der Waals surface area contributed by atoms with Crippen LogP contribution in [0.4, 0.5) is 5.69 Å². The maximum atomic E-state index is 11.4. The van der Waals surface area contributed by atoms with E-state index in [-0.39, 0.29) is 5.91 Å². The molecule has 0 fully saturated rings. The van der Waals surface area contributed by atoms with Crippen LogP contribution in [0.15, 0.2) is 31.1 Å². The molecule has 0 aliphatic heterocycles. The van der Waals surface area contributed by atoms with Crippen molar-refractivity contribution < 1.29 is 4.79 Å². The van der Waals surface area contributed by atoms with Crippen molar-refractivity contribution in [2.45, 2.75) is 19.6 Å². The van der Waals surface area contributed by atoms with Crippen LogP contribution in [-0.2, 0) is 11.8 Å². The highest BCUT2D eigenvalue weighted by atomic mass is 28.3. The summed E-state index contributed by atoms with van der Waals surface area (Å²) in [5, 5.41) is 3.67. The molecule has 0 aliphatic rings. The van der Waals surface area contributed by atoms with E-state index in [1.165, 1.54) is 6.08 Å². The molecule has 0 radical (unpaired) electrons. The Kier molecular flexibility index (Phi) is 4.01. The summed E-state index contributed by atoms with van der Waals surface area (Å²) < 4.78 is 1.95. The van der Waals surface area contributed by atoms with Crippen LogP contribution in [0.25, 0.3) is 11.0 Å². The molecule has 0 aromatic carbocycles. The van der Waals surface area contributed by atoms with Crippen molar-refractivity contribution >= 4 is 30.7 Å². The third-order valence-electron chi connectivity index (χ3n) is 2.84. The molecule has 0 aliphatic carbocycles. The van der Waals surface area contributed by atoms with Gasteiger partial charge in [-0.15, -0.1) is 5.54 Å². The van der Waals surface area contributed by atoms with E-state index < -0.39 is 8.07 Å². The van der Waals surface area contributed by atoms with Crippen molar-refractivity contribution in [1.82, 2.24) is 9.55 Å². The first-order chi connectivity index (χ1) is 9.80. The van der Waals surface area contributed by atoms with E-state index in [4.69, 9.17) is 0 Å². The lowest BCUT2D eigenvalue weighted by atomic mass is 10.2. The average molecular weight is 297 g/mol. The molecule has 2 rings (SSSR count). The van der Waals surface area contributed by atoms with Crippen LogP contribution in [0.5, 0.6) is 0 Å². The summed E-state index contributed by atoms with van der Waals surface area (Å²) in [7, 11) is 0.504. The highest BCUT2D eigenvalue weighted by molar-refractivity contribution is 6.83. The van der Waals surface area contributed by atoms with E-state index in [0.717, 1.165) is 16.6 Å². The van der Waals surface area contributed by atoms with Gasteiger partial charge in [0.05, 0.1) is 17.4 Å². The fraction of sp³-hybridized carbons (Fsp3) is 0.250. The predicted molar refractivity (Wildman–Crippen MR) is 89.8 cm³/mol. The Hall–Kier alpha value is -2.32. The van der Waals surface area contributed by atoms with Crippen LogP contribution >= 0.6 is 0 Å². The number of fused-ring (bicyclic) bond motifs is 1. The average Bonchev–Trinajstić information content (AvgIpc) is 2.72. The Bertz CT molecular complexity index is 772. The van der Waals surface area contributed by atoms with Gasteiger partial charge in [-0.3, -0.25) is 4.79 Å². The number of hydrogen-bond acceptors (Lipinski definition) is 2. The Labute approximate surface area is 125 Å². The molecule has 5 heteroatoms. The van der Waals surface area contributed by atoms with Gasteiger partial charge in [-0.05, 0) is 12.1 Å². The van der Waals surface area contributed by atoms with Crippen molar-refractivity contribution in [1.29, 1.82) is 0 Å². The second-order valence-corrected chi connectivity index (χ2v) is 10.7. The van der Waals surface area contributed by atoms with Gasteiger partial charge in [0.15, 0.2) is 0 Å². The molecule has 21 heavy (non-hydrogen) atoms. The van der Waals surface area contributed by atoms with Gasteiger partial charge in [0.25, 0.3) is 0 Å². The number of carbonyl (C=O) groups excluding carboxylic acids is 1. The predicted octanol–water partition coefficient (Wildman–Crippen LogP) is 2.93. The summed E-state index contributed by atoms with van der Waals surface area (Å²) in [6.07, 6.45) is 4.85. The van der Waals surface area contributed by atoms with E-state index in [2.05, 4.69) is 48.0 Å². The molecule has 0 spiro atoms. The summed E-state index contributed by atoms with van der Waals surface area (Å²) in [6, 6.07) is 1.90. The lowest BCUT2D eigenvalue weighted by Gasteiger charge is -2.03. The van der Waals surface area contributed by atoms with Crippen molar-refractivity contribution in [3.8, 4) is 11.5 Å². The van der Waals surface area contributed by atoms with Gasteiger partial charge in [-0.1, -0.05) is 32.1 Å². The van der Waals surface area contributed by atoms with E-state index in [1.54, 1.807) is 6.20 Å². The van der Waals surface area contributed by atoms with Crippen LogP contribution in [0.3, 0.4) is 0 Å². The number of amides is 1. The van der Waals surface area contributed by atoms with Gasteiger partial charge in [0, 0.05) is 18.6 Å². The minimum absolute atomic E-state index is 0.248. The zero-order valence-corrected chi connectivity index (χ0v) is 13.8. The number of pyridine rings is 1. The van der Waals surface area contributed by atoms with Crippen molar-refractivity contribution in [3.05, 3.63) is 36.7 Å². The van der Waals surface area contributed by atoms with Crippen molar-refractivity contribution in [2.24, 2.45) is 7.05 Å². The molecule has 2 aromatic rings. The van der Waals surface area contributed by atoms with E-state index >= 15 is 0 Å². The number of nitrogens with zero attached hydrogens (tertiary/aromatic N) is 2. The Balaban J connectivity index is 2.50. The number of rotatable bonds is 2. The van der Waals surface area contributed by atoms with Gasteiger partial charge < -0.3 is 9.88 Å². The molecule has 1 amide bonds. The molecule has 0 saturated carbocycles. The summed E-state index contributed by atoms with van der Waals surface area (Å²) in [4.78, 5) is 15.8. The smallest absolute Gasteiger partial charge is 0.247 e. The monoisotopic (exact) mass is 297 g/mol. The third-order valence-corrected chi connectivity index (χ3v) is 3.71. The largest absolute Gasteiger partial charge is 0.334 e. The number of aromatic nitrogens is 2. The first-order valence-corrected chi connectivity index (χ1v) is 10.2. The molecule has 0 saturated heterocycles. The maximum absolute atomic E-state index is 11.4. The van der Waals surface area contributed by atoms with Crippen molar-refractivity contribution in [2.75, 3.05) is 5.32 Å². The molecule has 0 unspecified atom stereocenters. The number of anilines is 1. The molecule has 2 heterocycles. The fourth-order valence-corrected chi connectivity index (χ4v) is 2.39. The minimum Gasteiger partial charge on any atom is -0.334 e. The maximum Gasteiger partial charge on any atom is 0.247 e. The summed E-state index contributed by atoms with van der Waals surface area (Å²) in [5.41, 5.74) is 5.80. The van der Waals surface area contributed by atoms with E-state index in [1.807, 2.05) is 23.9 Å². The molecule has 4 nitrogen and oxygen atoms in total. The van der Waals surface area contributed by atoms with Gasteiger partial charge in [0.2, 0.25) is 5.91 Å². The molecule has 2 aromatic heterocycles. The molecular weight excluding hydrogens is 278 g/mol. The lowest BCUT2D eigenvalue weighted by molar-refractivity contribution is -0.111. The first-order valence-electron chi connectivity index (χ1n) is 6.72. The quantitative estimate of drug-likeness (QED) is 0.526. The molecule has 0 bridgehead atoms. The normalized spacial score (nSPS) is 10.9. The van der Waals surface area contributed by atoms with Crippen molar-refractivity contribution in [3.63, 3.8) is 0 Å². The zero-order chi connectivity index (χ0) is 15.6. The second-order valence-electron chi connectivity index (χ2n) is 5.94. The number of carbonyl (C=O) groups is 1. The SMILES string of the molecule is C=CC(=O)Nc1cnc2c(c1)c(C#C[Si](C)(C)C)cn2C. The van der Waals surface area contributed by atoms with Crippen LogP contribution in [0.1, 0.15) is 5.56 Å². The van der Waals surface area contributed by atoms with Crippen LogP contribution in [0.2, 0.25) is 19.6 Å². The third kappa shape index (κ3) is 3.61. The molecular formula is C16H19N3OSi. The summed E-state index contributed by atoms with van der Waals surface area (Å²) >= 11 is 0. The summed E-state index contributed by atoms with van der Waals surface area (Å²) in [5.74, 6) is 3.01. The van der Waals surface area contributed by atoms with Crippen LogP contribution in [-0.4, -0.2) is 23.5 Å². The van der Waals surface area contributed by atoms with E-state index in [9.17, 15) is 4.79 Å². The Morgan fingerprint density at radius 1 is 1.48 bits per heavy atom. The number of aryl methyl sites for hydroxylation is 1. The highest BCUT2D eigenvalue weighted by Crippen LogP contribution is 2.21. The minimum atomic E-state index is -1.44. The molecule has 1 N–H and O–H groups in total. The fourth-order valence-electron chi connectivity index (χ4n) is 1.88. The Morgan fingerprint density at radius 3 is 2.81 bits per heavy atom. The summed E-state index contributed by atoms with van der Waals surface area (Å²) in [6.45, 7) is 10.1. The van der Waals surface area contributed by atoms with Gasteiger partial charge in [-0.25, -0.2) is 4.98 Å². The van der Waals surface area contributed by atoms with Crippen LogP contribution < -0.4 is 5.32 Å². The standard InChI is InChI=1S/C16H19N3OSi/c1-6-15(20)18-13-9-14-12(7-8-21(3,4)5)11-19(2)16(14)17-10-13/h6,9-11H,1H2,2-5H3,(H,18,20). The highest BCUT2D eigenvalue weighted by Gasteiger charge is 2.11. The lowest BCUT2D eigenvalue weighted by Crippen LogP contribution is -2.16. The number of nitrogens with one attached hydrogen (secondary N) is 1. The topological polar surface area (TPSA) is 46.9 Å². The molecule has 108 valence electrons. The van der Waals surface area contributed by atoms with Gasteiger partial charge in [0.1, 0.15) is 13.7 Å². The Morgan fingerprint density at radius 2 is 2.19 bits per heavy atom. The zero-order valence-electron chi connectivity index (χ0n) is 12.8. The number of hydrogen-bond donors (Lipinski definition) is 1.